The predicted octanol–water partition coefficient (Wildman–Crippen LogP) is 1.41. The van der Waals surface area contributed by atoms with Crippen LogP contribution in [0.4, 0.5) is 11.8 Å². The minimum atomic E-state index is -0.998. The summed E-state index contributed by atoms with van der Waals surface area (Å²) in [5, 5.41) is 8.96. The monoisotopic (exact) mass is 339 g/mol. The molecular weight excluding hydrogens is 322 g/mol. The van der Waals surface area contributed by atoms with Crippen molar-refractivity contribution >= 4 is 28.9 Å². The van der Waals surface area contributed by atoms with Crippen molar-refractivity contribution in [1.29, 1.82) is 0 Å². The number of aromatic nitrogens is 5. The van der Waals surface area contributed by atoms with Crippen LogP contribution in [0.5, 0.6) is 0 Å². The first-order valence-electron chi connectivity index (χ1n) is 7.71. The minimum absolute atomic E-state index is 0.0567. The SMILES string of the molecule is CCC(Cc1cnc2nc(N)nc(N)c2n1)c1ccc(C(=O)O)cn1. The maximum absolute atomic E-state index is 10.9. The molecule has 128 valence electrons. The predicted molar refractivity (Wildman–Crippen MR) is 91.9 cm³/mol. The molecule has 25 heavy (non-hydrogen) atoms. The van der Waals surface area contributed by atoms with E-state index in [0.717, 1.165) is 17.8 Å². The molecule has 0 aromatic carbocycles. The summed E-state index contributed by atoms with van der Waals surface area (Å²) < 4.78 is 0. The first-order valence-corrected chi connectivity index (χ1v) is 7.71. The van der Waals surface area contributed by atoms with Crippen molar-refractivity contribution in [3.63, 3.8) is 0 Å². The minimum Gasteiger partial charge on any atom is -0.478 e. The van der Waals surface area contributed by atoms with Crippen LogP contribution in [0.1, 0.15) is 41.0 Å². The average molecular weight is 339 g/mol. The first-order chi connectivity index (χ1) is 12.0. The highest BCUT2D eigenvalue weighted by Crippen LogP contribution is 2.23. The maximum Gasteiger partial charge on any atom is 0.337 e. The van der Waals surface area contributed by atoms with E-state index in [1.165, 1.54) is 6.20 Å². The van der Waals surface area contributed by atoms with Crippen LogP contribution < -0.4 is 11.5 Å². The number of nitrogens with two attached hydrogens (primary N) is 2. The number of carboxylic acid groups (broad SMARTS) is 1. The highest BCUT2D eigenvalue weighted by atomic mass is 16.4. The lowest BCUT2D eigenvalue weighted by atomic mass is 9.96. The first kappa shape index (κ1) is 16.5. The van der Waals surface area contributed by atoms with Gasteiger partial charge in [-0.3, -0.25) is 4.98 Å². The standard InChI is InChI=1S/C16H17N7O2/c1-2-8(11-4-3-9(6-19-11)15(24)25)5-10-7-20-14-12(21-10)13(17)22-16(18)23-14/h3-4,6-8H,2,5H2,1H3,(H,24,25)(H4,17,18,20,22,23). The lowest BCUT2D eigenvalue weighted by Gasteiger charge is -2.14. The smallest absolute Gasteiger partial charge is 0.337 e. The van der Waals surface area contributed by atoms with E-state index >= 15 is 0 Å². The Morgan fingerprint density at radius 3 is 2.60 bits per heavy atom. The molecular formula is C16H17N7O2. The molecule has 0 amide bonds. The zero-order chi connectivity index (χ0) is 18.0. The van der Waals surface area contributed by atoms with Gasteiger partial charge in [0.05, 0.1) is 17.5 Å². The van der Waals surface area contributed by atoms with Gasteiger partial charge in [0.2, 0.25) is 5.95 Å². The van der Waals surface area contributed by atoms with Crippen molar-refractivity contribution < 1.29 is 9.90 Å². The van der Waals surface area contributed by atoms with E-state index in [4.69, 9.17) is 16.6 Å². The van der Waals surface area contributed by atoms with Crippen LogP contribution in [0.15, 0.2) is 24.5 Å². The summed E-state index contributed by atoms with van der Waals surface area (Å²) >= 11 is 0. The van der Waals surface area contributed by atoms with Crippen LogP contribution in [-0.2, 0) is 6.42 Å². The molecule has 0 radical (unpaired) electrons. The van der Waals surface area contributed by atoms with Gasteiger partial charge in [-0.15, -0.1) is 0 Å². The van der Waals surface area contributed by atoms with Gasteiger partial charge in [-0.25, -0.2) is 14.8 Å². The molecule has 5 N–H and O–H groups in total. The summed E-state index contributed by atoms with van der Waals surface area (Å²) in [6.45, 7) is 2.03. The lowest BCUT2D eigenvalue weighted by molar-refractivity contribution is 0.0696. The van der Waals surface area contributed by atoms with Gasteiger partial charge in [0.25, 0.3) is 0 Å². The summed E-state index contributed by atoms with van der Waals surface area (Å²) in [5.41, 5.74) is 13.8. The third kappa shape index (κ3) is 3.44. The molecule has 0 saturated carbocycles. The number of hydrogen-bond donors (Lipinski definition) is 3. The largest absolute Gasteiger partial charge is 0.478 e. The van der Waals surface area contributed by atoms with Gasteiger partial charge < -0.3 is 16.6 Å². The molecule has 0 spiro atoms. The average Bonchev–Trinajstić information content (AvgIpc) is 2.60. The molecule has 3 aromatic heterocycles. The molecule has 0 fully saturated rings. The molecule has 9 nitrogen and oxygen atoms in total. The zero-order valence-electron chi connectivity index (χ0n) is 13.5. The summed E-state index contributed by atoms with van der Waals surface area (Å²) in [5.74, 6) is -0.678. The molecule has 1 unspecified atom stereocenters. The van der Waals surface area contributed by atoms with Crippen LogP contribution >= 0.6 is 0 Å². The highest BCUT2D eigenvalue weighted by molar-refractivity contribution is 5.87. The van der Waals surface area contributed by atoms with Crippen molar-refractivity contribution in [1.82, 2.24) is 24.9 Å². The zero-order valence-corrected chi connectivity index (χ0v) is 13.5. The van der Waals surface area contributed by atoms with Gasteiger partial charge in [0.15, 0.2) is 17.0 Å². The van der Waals surface area contributed by atoms with Crippen LogP contribution in [0.3, 0.4) is 0 Å². The van der Waals surface area contributed by atoms with E-state index in [-0.39, 0.29) is 23.2 Å². The number of anilines is 2. The van der Waals surface area contributed by atoms with Crippen LogP contribution in [0, 0.1) is 0 Å². The van der Waals surface area contributed by atoms with Crippen molar-refractivity contribution in [3.05, 3.63) is 41.5 Å². The lowest BCUT2D eigenvalue weighted by Crippen LogP contribution is -2.09. The third-order valence-electron chi connectivity index (χ3n) is 3.90. The molecule has 3 rings (SSSR count). The normalized spacial score (nSPS) is 12.2. The molecule has 3 aromatic rings. The summed E-state index contributed by atoms with van der Waals surface area (Å²) in [6.07, 6.45) is 4.39. The van der Waals surface area contributed by atoms with E-state index in [1.807, 2.05) is 6.92 Å². The fourth-order valence-corrected chi connectivity index (χ4v) is 2.56. The van der Waals surface area contributed by atoms with E-state index in [9.17, 15) is 4.79 Å². The maximum atomic E-state index is 10.9. The summed E-state index contributed by atoms with van der Waals surface area (Å²) in [7, 11) is 0. The third-order valence-corrected chi connectivity index (χ3v) is 3.90. The molecule has 0 aliphatic carbocycles. The Labute approximate surface area is 143 Å². The summed E-state index contributed by atoms with van der Waals surface area (Å²) in [4.78, 5) is 31.8. The second-order valence-corrected chi connectivity index (χ2v) is 5.59. The second kappa shape index (κ2) is 6.63. The molecule has 0 aliphatic heterocycles. The van der Waals surface area contributed by atoms with Crippen LogP contribution in [0.2, 0.25) is 0 Å². The van der Waals surface area contributed by atoms with Gasteiger partial charge in [0.1, 0.15) is 0 Å². The Morgan fingerprint density at radius 2 is 1.96 bits per heavy atom. The topological polar surface area (TPSA) is 154 Å². The Bertz CT molecular complexity index is 928. The van der Waals surface area contributed by atoms with E-state index < -0.39 is 5.97 Å². The number of aromatic carboxylic acids is 1. The van der Waals surface area contributed by atoms with Crippen molar-refractivity contribution in [2.45, 2.75) is 25.7 Å². The molecule has 1 atom stereocenters. The molecule has 0 saturated heterocycles. The van der Waals surface area contributed by atoms with Gasteiger partial charge in [0, 0.05) is 17.8 Å². The molecule has 0 aliphatic rings. The van der Waals surface area contributed by atoms with Crippen LogP contribution in [-0.4, -0.2) is 36.0 Å². The molecule has 0 bridgehead atoms. The number of nitrogens with zero attached hydrogens (tertiary/aromatic N) is 5. The van der Waals surface area contributed by atoms with Gasteiger partial charge in [-0.1, -0.05) is 6.92 Å². The Kier molecular flexibility index (Phi) is 4.38. The number of hydrogen-bond acceptors (Lipinski definition) is 8. The Morgan fingerprint density at radius 1 is 1.16 bits per heavy atom. The fourth-order valence-electron chi connectivity index (χ4n) is 2.56. The van der Waals surface area contributed by atoms with E-state index in [1.54, 1.807) is 18.3 Å². The molecule has 3 heterocycles. The van der Waals surface area contributed by atoms with Crippen LogP contribution in [0.25, 0.3) is 11.2 Å². The Hall–Kier alpha value is -3.36. The van der Waals surface area contributed by atoms with Gasteiger partial charge >= 0.3 is 5.97 Å². The van der Waals surface area contributed by atoms with Gasteiger partial charge in [-0.05, 0) is 25.0 Å². The van der Waals surface area contributed by atoms with Crippen molar-refractivity contribution in [3.8, 4) is 0 Å². The fraction of sp³-hybridized carbons (Fsp3) is 0.250. The number of pyridine rings is 1. The Balaban J connectivity index is 1.88. The highest BCUT2D eigenvalue weighted by Gasteiger charge is 2.15. The van der Waals surface area contributed by atoms with Crippen molar-refractivity contribution in [2.24, 2.45) is 0 Å². The summed E-state index contributed by atoms with van der Waals surface area (Å²) in [6, 6.07) is 3.28. The van der Waals surface area contributed by atoms with E-state index in [0.29, 0.717) is 17.6 Å². The number of fused-ring (bicyclic) bond motifs is 1. The number of nitrogen functional groups attached to an aromatic ring is 2. The number of carboxylic acids is 1. The number of carbonyl (C=O) groups is 1. The van der Waals surface area contributed by atoms with Crippen molar-refractivity contribution in [2.75, 3.05) is 11.5 Å². The van der Waals surface area contributed by atoms with Gasteiger partial charge in [-0.2, -0.15) is 9.97 Å². The van der Waals surface area contributed by atoms with E-state index in [2.05, 4.69) is 24.9 Å². The molecule has 9 heteroatoms. The quantitative estimate of drug-likeness (QED) is 0.625. The second-order valence-electron chi connectivity index (χ2n) is 5.59. The number of rotatable bonds is 5.